The van der Waals surface area contributed by atoms with Gasteiger partial charge in [-0.1, -0.05) is 22.9 Å². The van der Waals surface area contributed by atoms with Crippen molar-refractivity contribution < 1.29 is 14.8 Å². The molecule has 0 unspecified atom stereocenters. The number of amides is 2. The second-order valence-electron chi connectivity index (χ2n) is 4.83. The molecule has 0 aliphatic rings. The zero-order chi connectivity index (χ0) is 16.7. The Labute approximate surface area is 142 Å². The van der Waals surface area contributed by atoms with Crippen molar-refractivity contribution in [1.82, 2.24) is 15.8 Å². The highest BCUT2D eigenvalue weighted by Gasteiger charge is 2.06. The molecule has 0 atom stereocenters. The molecule has 0 aliphatic heterocycles. The molecular formula is C14H17ClN4O3S. The van der Waals surface area contributed by atoms with Gasteiger partial charge >= 0.3 is 0 Å². The predicted octanol–water partition coefficient (Wildman–Crippen LogP) is 2.15. The Balaban J connectivity index is 1.68. The molecule has 0 fully saturated rings. The minimum absolute atomic E-state index is 0.130. The summed E-state index contributed by atoms with van der Waals surface area (Å²) in [4.78, 5) is 26.9. The molecule has 124 valence electrons. The Bertz CT molecular complexity index is 692. The van der Waals surface area contributed by atoms with Crippen LogP contribution in [0.15, 0.2) is 18.2 Å². The molecule has 1 heterocycles. The van der Waals surface area contributed by atoms with E-state index >= 15 is 0 Å². The summed E-state index contributed by atoms with van der Waals surface area (Å²) < 4.78 is 0.961. The van der Waals surface area contributed by atoms with Crippen LogP contribution in [0, 0.1) is 0 Å². The fourth-order valence-electron chi connectivity index (χ4n) is 1.89. The number of rotatable bonds is 8. The number of aromatic nitrogens is 1. The predicted molar refractivity (Wildman–Crippen MR) is 89.9 cm³/mol. The van der Waals surface area contributed by atoms with Gasteiger partial charge in [-0.05, 0) is 31.0 Å². The number of carbonyl (C=O) groups excluding carboxylic acids is 2. The number of carbonyl (C=O) groups is 2. The Kier molecular flexibility index (Phi) is 6.57. The quantitative estimate of drug-likeness (QED) is 0.329. The number of hydrogen-bond acceptors (Lipinski definition) is 6. The second kappa shape index (κ2) is 8.66. The molecule has 0 aliphatic carbocycles. The number of thiazole rings is 1. The fraction of sp³-hybridized carbons (Fsp3) is 0.357. The molecular weight excluding hydrogens is 340 g/mol. The van der Waals surface area contributed by atoms with E-state index in [1.807, 2.05) is 12.1 Å². The third-order valence-corrected chi connectivity index (χ3v) is 4.24. The average Bonchev–Trinajstić information content (AvgIpc) is 2.94. The van der Waals surface area contributed by atoms with E-state index in [4.69, 9.17) is 16.8 Å². The minimum atomic E-state index is -0.422. The van der Waals surface area contributed by atoms with Crippen molar-refractivity contribution in [2.75, 3.05) is 18.4 Å². The summed E-state index contributed by atoms with van der Waals surface area (Å²) in [6.45, 7) is 0.610. The molecule has 2 aromatic rings. The first-order chi connectivity index (χ1) is 11.1. The smallest absolute Gasteiger partial charge is 0.243 e. The zero-order valence-corrected chi connectivity index (χ0v) is 13.8. The van der Waals surface area contributed by atoms with E-state index in [-0.39, 0.29) is 18.9 Å². The number of fused-ring (bicyclic) bond motifs is 1. The third kappa shape index (κ3) is 5.66. The molecule has 0 bridgehead atoms. The highest BCUT2D eigenvalue weighted by Crippen LogP contribution is 2.27. The summed E-state index contributed by atoms with van der Waals surface area (Å²) in [5.41, 5.74) is 2.40. The summed E-state index contributed by atoms with van der Waals surface area (Å²) in [6, 6.07) is 5.45. The van der Waals surface area contributed by atoms with Crippen LogP contribution in [0.3, 0.4) is 0 Å². The number of benzene rings is 1. The molecule has 0 saturated carbocycles. The lowest BCUT2D eigenvalue weighted by Crippen LogP contribution is -2.30. The van der Waals surface area contributed by atoms with Crippen molar-refractivity contribution in [2.24, 2.45) is 0 Å². The maximum Gasteiger partial charge on any atom is 0.243 e. The van der Waals surface area contributed by atoms with Gasteiger partial charge in [0.15, 0.2) is 5.13 Å². The molecule has 7 nitrogen and oxygen atoms in total. The number of hydroxylamine groups is 1. The first-order valence-electron chi connectivity index (χ1n) is 7.08. The number of hydrogen-bond donors (Lipinski definition) is 4. The Morgan fingerprint density at radius 1 is 1.26 bits per heavy atom. The standard InChI is InChI=1S/C14H17ClN4O3S/c15-9-4-5-10-11(7-9)23-14(18-10)17-8-13(21)16-6-2-1-3-12(20)19-22/h4-5,7,22H,1-3,6,8H2,(H,16,21)(H,17,18)(H,19,20). The zero-order valence-electron chi connectivity index (χ0n) is 12.3. The van der Waals surface area contributed by atoms with Gasteiger partial charge in [0.1, 0.15) is 0 Å². The van der Waals surface area contributed by atoms with Gasteiger partial charge in [0.05, 0.1) is 16.8 Å². The maximum atomic E-state index is 11.7. The van der Waals surface area contributed by atoms with E-state index in [0.717, 1.165) is 10.2 Å². The van der Waals surface area contributed by atoms with E-state index in [2.05, 4.69) is 15.6 Å². The largest absolute Gasteiger partial charge is 0.355 e. The number of anilines is 1. The van der Waals surface area contributed by atoms with E-state index < -0.39 is 5.91 Å². The van der Waals surface area contributed by atoms with Gasteiger partial charge in [0.2, 0.25) is 11.8 Å². The van der Waals surface area contributed by atoms with Crippen LogP contribution in [0.25, 0.3) is 10.2 Å². The van der Waals surface area contributed by atoms with Crippen molar-refractivity contribution in [3.8, 4) is 0 Å². The number of nitrogens with one attached hydrogen (secondary N) is 3. The fourth-order valence-corrected chi connectivity index (χ4v) is 3.02. The summed E-state index contributed by atoms with van der Waals surface area (Å²) in [6.07, 6.45) is 1.50. The van der Waals surface area contributed by atoms with Gasteiger partial charge in [0, 0.05) is 18.0 Å². The van der Waals surface area contributed by atoms with E-state index in [9.17, 15) is 9.59 Å². The number of unbranched alkanes of at least 4 members (excludes halogenated alkanes) is 1. The normalized spacial score (nSPS) is 10.5. The third-order valence-electron chi connectivity index (χ3n) is 3.03. The Hall–Kier alpha value is -1.90. The van der Waals surface area contributed by atoms with E-state index in [0.29, 0.717) is 29.5 Å². The summed E-state index contributed by atoms with van der Waals surface area (Å²) in [7, 11) is 0. The van der Waals surface area contributed by atoms with Crippen molar-refractivity contribution in [3.05, 3.63) is 23.2 Å². The molecule has 2 amide bonds. The molecule has 0 radical (unpaired) electrons. The van der Waals surface area contributed by atoms with Crippen LogP contribution in [-0.2, 0) is 9.59 Å². The van der Waals surface area contributed by atoms with Gasteiger partial charge in [0.25, 0.3) is 0 Å². The van der Waals surface area contributed by atoms with E-state index in [1.165, 1.54) is 11.3 Å². The van der Waals surface area contributed by atoms with Crippen LogP contribution in [0.2, 0.25) is 5.02 Å². The molecule has 1 aromatic carbocycles. The van der Waals surface area contributed by atoms with Gasteiger partial charge in [-0.25, -0.2) is 10.5 Å². The first kappa shape index (κ1) is 17.5. The van der Waals surface area contributed by atoms with Crippen molar-refractivity contribution in [1.29, 1.82) is 0 Å². The lowest BCUT2D eigenvalue weighted by molar-refractivity contribution is -0.129. The highest BCUT2D eigenvalue weighted by molar-refractivity contribution is 7.22. The second-order valence-corrected chi connectivity index (χ2v) is 6.29. The van der Waals surface area contributed by atoms with Crippen LogP contribution in [0.1, 0.15) is 19.3 Å². The lowest BCUT2D eigenvalue weighted by atomic mass is 10.2. The van der Waals surface area contributed by atoms with Crippen LogP contribution in [0.4, 0.5) is 5.13 Å². The van der Waals surface area contributed by atoms with Crippen LogP contribution in [0.5, 0.6) is 0 Å². The van der Waals surface area contributed by atoms with Gasteiger partial charge in [-0.15, -0.1) is 0 Å². The summed E-state index contributed by atoms with van der Waals surface area (Å²) in [5.74, 6) is -0.567. The maximum absolute atomic E-state index is 11.7. The molecule has 0 spiro atoms. The van der Waals surface area contributed by atoms with Crippen molar-refractivity contribution in [3.63, 3.8) is 0 Å². The Morgan fingerprint density at radius 2 is 2.09 bits per heavy atom. The molecule has 2 rings (SSSR count). The summed E-state index contributed by atoms with van der Waals surface area (Å²) in [5, 5.41) is 15.4. The SMILES string of the molecule is O=C(CCCCNC(=O)CNc1nc2ccc(Cl)cc2s1)NO. The van der Waals surface area contributed by atoms with Crippen molar-refractivity contribution in [2.45, 2.75) is 19.3 Å². The first-order valence-corrected chi connectivity index (χ1v) is 8.27. The average molecular weight is 357 g/mol. The van der Waals surface area contributed by atoms with Gasteiger partial charge in [-0.3, -0.25) is 14.8 Å². The monoisotopic (exact) mass is 356 g/mol. The van der Waals surface area contributed by atoms with Gasteiger partial charge < -0.3 is 10.6 Å². The highest BCUT2D eigenvalue weighted by atomic mass is 35.5. The van der Waals surface area contributed by atoms with Crippen LogP contribution in [-0.4, -0.2) is 35.1 Å². The Morgan fingerprint density at radius 3 is 2.87 bits per heavy atom. The molecule has 0 saturated heterocycles. The van der Waals surface area contributed by atoms with Gasteiger partial charge in [-0.2, -0.15) is 0 Å². The number of halogens is 1. The molecule has 9 heteroatoms. The van der Waals surface area contributed by atoms with Crippen LogP contribution < -0.4 is 16.1 Å². The molecule has 4 N–H and O–H groups in total. The molecule has 23 heavy (non-hydrogen) atoms. The summed E-state index contributed by atoms with van der Waals surface area (Å²) >= 11 is 7.36. The topological polar surface area (TPSA) is 103 Å². The molecule has 1 aromatic heterocycles. The van der Waals surface area contributed by atoms with Crippen LogP contribution >= 0.6 is 22.9 Å². The lowest BCUT2D eigenvalue weighted by Gasteiger charge is -2.05. The number of nitrogens with zero attached hydrogens (tertiary/aromatic N) is 1. The minimum Gasteiger partial charge on any atom is -0.355 e. The van der Waals surface area contributed by atoms with Crippen molar-refractivity contribution >= 4 is 50.1 Å². The van der Waals surface area contributed by atoms with E-state index in [1.54, 1.807) is 11.5 Å².